The third kappa shape index (κ3) is 5.09. The van der Waals surface area contributed by atoms with E-state index >= 15 is 0 Å². The Kier molecular flexibility index (Phi) is 6.79. The molecule has 2 aliphatic rings. The van der Waals surface area contributed by atoms with E-state index in [0.29, 0.717) is 43.7 Å². The largest absolute Gasteiger partial charge is 0.372 e. The second-order valence-electron chi connectivity index (χ2n) is 8.84. The summed E-state index contributed by atoms with van der Waals surface area (Å²) < 4.78 is 5.71. The first kappa shape index (κ1) is 23.0. The minimum absolute atomic E-state index is 0.00123. The Morgan fingerprint density at radius 3 is 2.33 bits per heavy atom. The fourth-order valence-corrected chi connectivity index (χ4v) is 4.57. The summed E-state index contributed by atoms with van der Waals surface area (Å²) in [6, 6.07) is 12.9. The zero-order valence-electron chi connectivity index (χ0n) is 19.5. The molecule has 0 aliphatic carbocycles. The van der Waals surface area contributed by atoms with Crippen molar-refractivity contribution < 1.29 is 19.1 Å². The van der Waals surface area contributed by atoms with Gasteiger partial charge in [-0.15, -0.1) is 0 Å². The van der Waals surface area contributed by atoms with E-state index in [0.717, 1.165) is 23.2 Å². The van der Waals surface area contributed by atoms with Gasteiger partial charge in [-0.05, 0) is 61.7 Å². The van der Waals surface area contributed by atoms with Gasteiger partial charge in [0.2, 0.25) is 5.91 Å². The van der Waals surface area contributed by atoms with Crippen LogP contribution in [0.2, 0.25) is 0 Å². The van der Waals surface area contributed by atoms with Crippen LogP contribution >= 0.6 is 0 Å². The van der Waals surface area contributed by atoms with Crippen LogP contribution < -0.4 is 10.2 Å². The molecule has 2 heterocycles. The molecule has 2 aromatic rings. The number of anilines is 1. The lowest BCUT2D eigenvalue weighted by Gasteiger charge is -2.35. The summed E-state index contributed by atoms with van der Waals surface area (Å²) in [6.45, 7) is 8.02. The van der Waals surface area contributed by atoms with Crippen LogP contribution in [0.3, 0.4) is 0 Å². The van der Waals surface area contributed by atoms with Crippen molar-refractivity contribution in [3.05, 3.63) is 64.7 Å². The Morgan fingerprint density at radius 1 is 1.00 bits per heavy atom. The number of fused-ring (bicyclic) bond motifs is 1. The van der Waals surface area contributed by atoms with Crippen molar-refractivity contribution in [1.29, 1.82) is 0 Å². The number of morpholine rings is 1. The average Bonchev–Trinajstić information content (AvgIpc) is 3.24. The molecule has 7 nitrogen and oxygen atoms in total. The molecule has 1 saturated heterocycles. The van der Waals surface area contributed by atoms with E-state index in [2.05, 4.69) is 5.32 Å². The number of hydrogen-bond donors (Lipinski definition) is 1. The Bertz CT molecular complexity index is 1040. The van der Waals surface area contributed by atoms with E-state index in [4.69, 9.17) is 4.74 Å². The minimum Gasteiger partial charge on any atom is -0.372 e. The predicted octanol–water partition coefficient (Wildman–Crippen LogP) is 3.17. The maximum atomic E-state index is 12.8. The topological polar surface area (TPSA) is 79.0 Å². The zero-order valence-corrected chi connectivity index (χ0v) is 19.5. The van der Waals surface area contributed by atoms with Crippen molar-refractivity contribution in [1.82, 2.24) is 10.2 Å². The van der Waals surface area contributed by atoms with E-state index in [1.54, 1.807) is 11.0 Å². The molecule has 3 amide bonds. The number of nitrogens with one attached hydrogen (secondary N) is 1. The molecule has 2 aliphatic heterocycles. The number of carbonyl (C=O) groups is 3. The van der Waals surface area contributed by atoms with E-state index < -0.39 is 0 Å². The van der Waals surface area contributed by atoms with Gasteiger partial charge in [0.15, 0.2) is 0 Å². The molecule has 0 bridgehead atoms. The number of benzene rings is 2. The summed E-state index contributed by atoms with van der Waals surface area (Å²) in [5.74, 6) is -0.0543. The molecule has 0 saturated carbocycles. The summed E-state index contributed by atoms with van der Waals surface area (Å²) in [7, 11) is 0. The highest BCUT2D eigenvalue weighted by Gasteiger charge is 2.27. The first-order chi connectivity index (χ1) is 15.9. The van der Waals surface area contributed by atoms with Crippen LogP contribution in [0.25, 0.3) is 0 Å². The average molecular weight is 450 g/mol. The Labute approximate surface area is 194 Å². The third-order valence-corrected chi connectivity index (χ3v) is 6.20. The van der Waals surface area contributed by atoms with Gasteiger partial charge in [0.1, 0.15) is 0 Å². The van der Waals surface area contributed by atoms with Crippen LogP contribution in [0.4, 0.5) is 5.69 Å². The third-order valence-electron chi connectivity index (χ3n) is 6.20. The Balaban J connectivity index is 1.35. The van der Waals surface area contributed by atoms with Gasteiger partial charge in [-0.2, -0.15) is 0 Å². The molecule has 174 valence electrons. The molecular formula is C26H31N3O4. The lowest BCUT2D eigenvalue weighted by Crippen LogP contribution is -2.48. The van der Waals surface area contributed by atoms with Crippen LogP contribution in [0.1, 0.15) is 59.0 Å². The minimum atomic E-state index is -0.158. The molecule has 0 aromatic heterocycles. The first-order valence-corrected chi connectivity index (χ1v) is 11.6. The molecule has 1 fully saturated rings. The second-order valence-corrected chi connectivity index (χ2v) is 8.84. The van der Waals surface area contributed by atoms with Gasteiger partial charge in [-0.25, -0.2) is 0 Å². The fraction of sp³-hybridized carbons (Fsp3) is 0.423. The highest BCUT2D eigenvalue weighted by Crippen LogP contribution is 2.29. The normalized spacial score (nSPS) is 19.8. The maximum absolute atomic E-state index is 12.8. The SMILES string of the molecule is CCC(=O)N1CCc2cc(C(=O)NCc3ccc(C(=O)N4CC(C)OC(C)C4)cc3)ccc21. The predicted molar refractivity (Wildman–Crippen MR) is 126 cm³/mol. The van der Waals surface area contributed by atoms with E-state index in [9.17, 15) is 14.4 Å². The van der Waals surface area contributed by atoms with Gasteiger partial charge in [-0.3, -0.25) is 14.4 Å². The zero-order chi connectivity index (χ0) is 23.5. The highest BCUT2D eigenvalue weighted by molar-refractivity contribution is 5.98. The summed E-state index contributed by atoms with van der Waals surface area (Å²) in [4.78, 5) is 41.2. The Morgan fingerprint density at radius 2 is 1.67 bits per heavy atom. The lowest BCUT2D eigenvalue weighted by molar-refractivity contribution is -0.118. The molecule has 4 rings (SSSR count). The lowest BCUT2D eigenvalue weighted by atomic mass is 10.1. The maximum Gasteiger partial charge on any atom is 0.254 e. The van der Waals surface area contributed by atoms with Gasteiger partial charge in [0, 0.05) is 49.4 Å². The fourth-order valence-electron chi connectivity index (χ4n) is 4.57. The van der Waals surface area contributed by atoms with Gasteiger partial charge < -0.3 is 19.9 Å². The monoisotopic (exact) mass is 449 g/mol. The highest BCUT2D eigenvalue weighted by atomic mass is 16.5. The van der Waals surface area contributed by atoms with Crippen molar-refractivity contribution in [2.75, 3.05) is 24.5 Å². The molecule has 7 heteroatoms. The number of amides is 3. The van der Waals surface area contributed by atoms with Crippen molar-refractivity contribution >= 4 is 23.4 Å². The van der Waals surface area contributed by atoms with Crippen molar-refractivity contribution in [3.63, 3.8) is 0 Å². The van der Waals surface area contributed by atoms with E-state index in [-0.39, 0.29) is 29.9 Å². The van der Waals surface area contributed by atoms with Crippen LogP contribution in [0.5, 0.6) is 0 Å². The van der Waals surface area contributed by atoms with Gasteiger partial charge >= 0.3 is 0 Å². The van der Waals surface area contributed by atoms with Crippen LogP contribution in [0, 0.1) is 0 Å². The quantitative estimate of drug-likeness (QED) is 0.761. The molecule has 2 aromatic carbocycles. The number of hydrogen-bond acceptors (Lipinski definition) is 4. The van der Waals surface area contributed by atoms with Crippen molar-refractivity contribution in [3.8, 4) is 0 Å². The molecule has 2 atom stereocenters. The van der Waals surface area contributed by atoms with Gasteiger partial charge in [0.05, 0.1) is 12.2 Å². The molecule has 33 heavy (non-hydrogen) atoms. The Hall–Kier alpha value is -3.19. The van der Waals surface area contributed by atoms with Crippen LogP contribution in [0.15, 0.2) is 42.5 Å². The van der Waals surface area contributed by atoms with Crippen LogP contribution in [-0.2, 0) is 22.5 Å². The number of rotatable bonds is 5. The number of carbonyl (C=O) groups excluding carboxylic acids is 3. The molecule has 0 radical (unpaired) electrons. The summed E-state index contributed by atoms with van der Waals surface area (Å²) in [5, 5.41) is 2.94. The second kappa shape index (κ2) is 9.75. The van der Waals surface area contributed by atoms with Crippen LogP contribution in [-0.4, -0.2) is 54.5 Å². The smallest absolute Gasteiger partial charge is 0.254 e. The molecule has 2 unspecified atom stereocenters. The molecule has 1 N–H and O–H groups in total. The number of nitrogens with zero attached hydrogens (tertiary/aromatic N) is 2. The van der Waals surface area contributed by atoms with E-state index in [1.165, 1.54) is 0 Å². The number of ether oxygens (including phenoxy) is 1. The van der Waals surface area contributed by atoms with Gasteiger partial charge in [0.25, 0.3) is 11.8 Å². The van der Waals surface area contributed by atoms with Crippen molar-refractivity contribution in [2.45, 2.75) is 52.4 Å². The molecule has 0 spiro atoms. The summed E-state index contributed by atoms with van der Waals surface area (Å²) >= 11 is 0. The standard InChI is InChI=1S/C26H31N3O4/c1-4-24(30)29-12-11-21-13-22(9-10-23(21)29)25(31)27-14-19-5-7-20(8-6-19)26(32)28-15-17(2)33-18(3)16-28/h5-10,13,17-18H,4,11-12,14-16H2,1-3H3,(H,27,31). The van der Waals surface area contributed by atoms with Crippen molar-refractivity contribution in [2.24, 2.45) is 0 Å². The first-order valence-electron chi connectivity index (χ1n) is 11.6. The summed E-state index contributed by atoms with van der Waals surface area (Å²) in [6.07, 6.45) is 1.29. The summed E-state index contributed by atoms with van der Waals surface area (Å²) in [5.41, 5.74) is 4.07. The van der Waals surface area contributed by atoms with Gasteiger partial charge in [-0.1, -0.05) is 19.1 Å². The molecular weight excluding hydrogens is 418 g/mol. The van der Waals surface area contributed by atoms with E-state index in [1.807, 2.05) is 62.1 Å².